The van der Waals surface area contributed by atoms with Gasteiger partial charge in [0.1, 0.15) is 29.0 Å². The molecule has 4 aromatic heterocycles. The molecule has 0 bridgehead atoms. The highest BCUT2D eigenvalue weighted by Gasteiger charge is 2.55. The van der Waals surface area contributed by atoms with Gasteiger partial charge in [0, 0.05) is 89.8 Å². The van der Waals surface area contributed by atoms with Gasteiger partial charge in [0.25, 0.3) is 0 Å². The second kappa shape index (κ2) is 36.1. The van der Waals surface area contributed by atoms with Crippen molar-refractivity contribution in [3.8, 4) is 96.8 Å². The van der Waals surface area contributed by atoms with Crippen molar-refractivity contribution < 1.29 is 89.1 Å². The Balaban J connectivity index is 0.000000117. The van der Waals surface area contributed by atoms with Gasteiger partial charge in [0.2, 0.25) is 60.8 Å². The van der Waals surface area contributed by atoms with E-state index < -0.39 is 48.5 Å². The predicted molar refractivity (Wildman–Crippen MR) is 486 cm³/mol. The molecule has 130 heavy (non-hydrogen) atoms. The number of nitrogens with zero attached hydrogens (tertiary/aromatic N) is 6. The fourth-order valence-corrected chi connectivity index (χ4v) is 18.8. The molecule has 8 aromatic carbocycles. The Kier molecular flexibility index (Phi) is 24.0. The molecule has 4 amide bonds. The summed E-state index contributed by atoms with van der Waals surface area (Å²) < 4.78 is 93.7. The fraction of sp³-hybridized carbons (Fsp3) is 0.263. The van der Waals surface area contributed by atoms with Crippen LogP contribution in [0.15, 0.2) is 246 Å². The van der Waals surface area contributed by atoms with Gasteiger partial charge in [-0.25, -0.2) is 33.1 Å². The number of amides is 4. The number of carboxylic acids is 1. The number of ether oxygens (including phenoxy) is 10. The molecule has 0 radical (unpaired) electrons. The normalized spacial score (nSPS) is 17.0. The Morgan fingerprint density at radius 2 is 0.792 bits per heavy atom. The minimum absolute atomic E-state index is 0.0593. The standard InChI is InChI=1S/C28H29N3O6S.C25H25N3O4.C23H18N2O5.C23H20N2O4S/c1-35-17-21-4-3-15-31(21)38(33,34)22-10-7-19(8-11-22)23-5-2-6-26(29-23)30-27(32)28(13-14-28)20-9-12-24-25(16-20)37-18-36-24;1-28(2)17-8-9-18(21(14-17)30-3)19-5-4-6-23(26-19)27-24(29)25(11-12-25)16-7-10-20-22(13-16)32-15-31-20;26-21(27)15-6-4-14(5-7-15)17-2-1-3-20(24-17)25-22(28)23(10-11-23)16-8-9-18-19(12-16)30-13-29-18;1-30(27)17-8-5-15(6-9-17)18-3-2-4-21(24-18)25-22(26)23(11-12-23)16-7-10-19-20(13-16)29-14-28-19/h2,5-12,16,21H,3-4,13-15,17-18H2,1H3,(H,29,30,32);4-10,13-14H,11-12,15H2,1-3H3,(H,26,27,29);1-9,12H,10-11,13H2,(H,26,27)(H,24,25,28);2-10,13H,11-12,14H2,1H3,(H,24,25,26)/t21-;;;/m1.../s1. The SMILES string of the molecule is COC[C@H]1CCCN1S(=O)(=O)c1ccc(-c2cccc(NC(=O)C3(c4ccc5c(c4)OCO5)CC3)n2)cc1.COc1cc(N(C)C)ccc1-c1cccc(NC(=O)C2(c3ccc4c(c3)OCO4)CC2)n1.CS(=O)c1ccc(-c2cccc(NC(=O)C3(c4ccc5c(c4)OCO5)CC3)n2)cc1.O=C(O)c1ccc(-c2cccc(NC(=O)C3(c4ccc5c(c4)OCO5)CC3)n2)cc1. The predicted octanol–water partition coefficient (Wildman–Crippen LogP) is 15.9. The van der Waals surface area contributed by atoms with Gasteiger partial charge in [-0.1, -0.05) is 84.9 Å². The molecule has 2 atom stereocenters. The Morgan fingerprint density at radius 1 is 0.446 bits per heavy atom. The van der Waals surface area contributed by atoms with Gasteiger partial charge in [-0.15, -0.1) is 0 Å². The third kappa shape index (κ3) is 18.0. The number of carboxylic acid groups (broad SMARTS) is 1. The van der Waals surface area contributed by atoms with Crippen LogP contribution in [0.1, 0.15) is 96.8 Å². The second-order valence-electron chi connectivity index (χ2n) is 33.1. The summed E-state index contributed by atoms with van der Waals surface area (Å²) in [7, 11) is 2.56. The molecular weight excluding hydrogens is 1700 g/mol. The average Bonchev–Trinajstić information content (AvgIpc) is 1.60. The van der Waals surface area contributed by atoms with Crippen LogP contribution < -0.4 is 68.8 Å². The first-order valence-corrected chi connectivity index (χ1v) is 45.5. The quantitative estimate of drug-likeness (QED) is 0.0375. The van der Waals surface area contributed by atoms with E-state index in [1.807, 2.05) is 183 Å². The largest absolute Gasteiger partial charge is 0.496 e. The number of aromatic nitrogens is 4. The number of nitrogens with one attached hydrogen (secondary N) is 4. The highest BCUT2D eigenvalue weighted by Crippen LogP contribution is 2.55. The number of hydrogen-bond acceptors (Lipinski definition) is 23. The lowest BCUT2D eigenvalue weighted by Gasteiger charge is -2.23. The van der Waals surface area contributed by atoms with E-state index in [1.54, 1.807) is 81.1 Å². The summed E-state index contributed by atoms with van der Waals surface area (Å²) in [5, 5.41) is 20.9. The van der Waals surface area contributed by atoms with Crippen molar-refractivity contribution in [1.29, 1.82) is 0 Å². The summed E-state index contributed by atoms with van der Waals surface area (Å²) in [4.78, 5) is 85.2. The van der Waals surface area contributed by atoms with Crippen LogP contribution in [-0.4, -0.2) is 153 Å². The Bertz CT molecular complexity index is 6340. The molecule has 31 heteroatoms. The number of fused-ring (bicyclic) bond motifs is 4. The number of carbonyl (C=O) groups excluding carboxylic acids is 4. The van der Waals surface area contributed by atoms with Crippen LogP contribution >= 0.6 is 0 Å². The van der Waals surface area contributed by atoms with Crippen molar-refractivity contribution in [3.63, 3.8) is 0 Å². The van der Waals surface area contributed by atoms with Gasteiger partial charge in [-0.2, -0.15) is 4.31 Å². The van der Waals surface area contributed by atoms with Crippen LogP contribution in [0.2, 0.25) is 0 Å². The molecule has 5 N–H and O–H groups in total. The van der Waals surface area contributed by atoms with Crippen molar-refractivity contribution in [2.24, 2.45) is 0 Å². The molecule has 664 valence electrons. The third-order valence-electron chi connectivity index (χ3n) is 24.7. The maximum atomic E-state index is 13.3. The lowest BCUT2D eigenvalue weighted by atomic mass is 9.94. The number of anilines is 5. The average molecular weight is 1790 g/mol. The van der Waals surface area contributed by atoms with Crippen molar-refractivity contribution >= 4 is 79.4 Å². The Hall–Kier alpha value is -14.3. The first-order chi connectivity index (χ1) is 63.0. The van der Waals surface area contributed by atoms with E-state index in [1.165, 1.54) is 16.4 Å². The molecule has 5 aliphatic heterocycles. The van der Waals surface area contributed by atoms with Crippen LogP contribution in [0.5, 0.6) is 51.7 Å². The molecule has 12 aromatic rings. The maximum absolute atomic E-state index is 13.3. The molecule has 9 heterocycles. The number of pyridine rings is 4. The molecule has 1 unspecified atom stereocenters. The summed E-state index contributed by atoms with van der Waals surface area (Å²) >= 11 is 0. The van der Waals surface area contributed by atoms with Gasteiger partial charge in [-0.3, -0.25) is 23.4 Å². The highest BCUT2D eigenvalue weighted by molar-refractivity contribution is 7.89. The van der Waals surface area contributed by atoms with Crippen molar-refractivity contribution in [3.05, 3.63) is 264 Å². The minimum atomic E-state index is -3.61. The number of rotatable bonds is 24. The van der Waals surface area contributed by atoms with Crippen LogP contribution in [0.25, 0.3) is 45.0 Å². The zero-order valence-corrected chi connectivity index (χ0v) is 73.3. The van der Waals surface area contributed by atoms with Gasteiger partial charge >= 0.3 is 5.97 Å². The van der Waals surface area contributed by atoms with E-state index in [-0.39, 0.29) is 67.3 Å². The fourth-order valence-electron chi connectivity index (χ4n) is 16.6. The Labute approximate surface area is 752 Å². The molecule has 1 saturated heterocycles. The summed E-state index contributed by atoms with van der Waals surface area (Å²) in [5.41, 5.74) is 8.70. The van der Waals surface area contributed by atoms with Crippen LogP contribution in [-0.2, 0) is 66.4 Å². The lowest BCUT2D eigenvalue weighted by molar-refractivity contribution is -0.119. The third-order valence-corrected chi connectivity index (χ3v) is 27.6. The Morgan fingerprint density at radius 3 is 1.13 bits per heavy atom. The summed E-state index contributed by atoms with van der Waals surface area (Å²) in [6.45, 7) is 1.69. The number of benzene rings is 8. The number of carbonyl (C=O) groups is 5. The second-order valence-corrected chi connectivity index (χ2v) is 36.4. The highest BCUT2D eigenvalue weighted by atomic mass is 32.2. The van der Waals surface area contributed by atoms with Gasteiger partial charge in [0.05, 0.1) is 68.6 Å². The van der Waals surface area contributed by atoms with Crippen LogP contribution in [0.4, 0.5) is 29.0 Å². The van der Waals surface area contributed by atoms with Crippen LogP contribution in [0.3, 0.4) is 0 Å². The zero-order chi connectivity index (χ0) is 90.1. The van der Waals surface area contributed by atoms with E-state index in [4.69, 9.17) is 52.5 Å². The van der Waals surface area contributed by atoms with E-state index in [9.17, 15) is 36.6 Å². The summed E-state index contributed by atoms with van der Waals surface area (Å²) in [6.07, 6.45) is 9.43. The monoisotopic (exact) mass is 1790 g/mol. The van der Waals surface area contributed by atoms with Crippen molar-refractivity contribution in [1.82, 2.24) is 24.2 Å². The number of sulfonamides is 1. The summed E-state index contributed by atoms with van der Waals surface area (Å²) in [5.74, 6) is 6.82. The van der Waals surface area contributed by atoms with Crippen molar-refractivity contribution in [2.75, 3.05) is 101 Å². The number of aromatic carboxylic acids is 1. The topological polar surface area (TPSA) is 355 Å². The van der Waals surface area contributed by atoms with E-state index in [2.05, 4.69) is 41.2 Å². The van der Waals surface area contributed by atoms with Gasteiger partial charge in [-0.05, 0) is 232 Å². The molecule has 29 nitrogen and oxygen atoms in total. The smallest absolute Gasteiger partial charge is 0.335 e. The number of methoxy groups -OCH3 is 2. The molecule has 21 rings (SSSR count). The lowest BCUT2D eigenvalue weighted by Crippen LogP contribution is -2.38. The first kappa shape index (κ1) is 86.5. The van der Waals surface area contributed by atoms with Crippen LogP contribution in [0, 0.1) is 0 Å². The number of hydrogen-bond donors (Lipinski definition) is 5. The molecule has 9 aliphatic rings. The molecule has 4 saturated carbocycles. The van der Waals surface area contributed by atoms with Crippen molar-refractivity contribution in [2.45, 2.75) is 102 Å². The van der Waals surface area contributed by atoms with E-state index >= 15 is 0 Å². The minimum Gasteiger partial charge on any atom is -0.496 e. The molecule has 5 fully saturated rings. The molecule has 0 spiro atoms. The van der Waals surface area contributed by atoms with E-state index in [0.717, 1.165) is 136 Å². The van der Waals surface area contributed by atoms with E-state index in [0.29, 0.717) is 93.8 Å². The maximum Gasteiger partial charge on any atom is 0.335 e. The molecule has 4 aliphatic carbocycles. The summed E-state index contributed by atoms with van der Waals surface area (Å²) in [6, 6.07) is 71.0. The first-order valence-electron chi connectivity index (χ1n) is 42.5. The molecular formula is C99H92N10O19S2. The zero-order valence-electron chi connectivity index (χ0n) is 71.7. The van der Waals surface area contributed by atoms with Gasteiger partial charge in [0.15, 0.2) is 46.0 Å². The van der Waals surface area contributed by atoms with Gasteiger partial charge < -0.3 is 78.6 Å².